The van der Waals surface area contributed by atoms with Gasteiger partial charge in [0.05, 0.1) is 16.6 Å². The van der Waals surface area contributed by atoms with Crippen LogP contribution in [0.5, 0.6) is 0 Å². The Morgan fingerprint density at radius 2 is 1.79 bits per heavy atom. The Labute approximate surface area is 166 Å². The Morgan fingerprint density at radius 1 is 1.18 bits per heavy atom. The maximum absolute atomic E-state index is 13.2. The summed E-state index contributed by atoms with van der Waals surface area (Å²) in [7, 11) is -5.14. The number of carbonyl (C=O) groups is 1. The number of hydrogen-bond donors (Lipinski definition) is 2. The Kier molecular flexibility index (Phi) is 3.31. The van der Waals surface area contributed by atoms with Crippen molar-refractivity contribution < 1.29 is 44.0 Å². The molecule has 0 aliphatic carbocycles. The standard InChI is InChI=1S/C18H14F3NO5S/c19-18(20,21)12-8-6-10(7-9-12)15-14(23)13(17(22)27-15)16(28(24,25)26)11-4-2-1-3-5-11/h1-9,15-16H,22H2,(H,24,25,26)/i6D,7D,8D,9D/hD2. The number of halogens is 3. The van der Waals surface area contributed by atoms with Crippen molar-refractivity contribution in [3.05, 3.63) is 82.6 Å². The van der Waals surface area contributed by atoms with Crippen molar-refractivity contribution >= 4 is 15.9 Å². The summed E-state index contributed by atoms with van der Waals surface area (Å²) in [4.78, 5) is 13.2. The first-order chi connectivity index (χ1) is 15.6. The second kappa shape index (κ2) is 6.95. The number of ether oxygens (including phenoxy) is 1. The predicted octanol–water partition coefficient (Wildman–Crippen LogP) is 3.15. The lowest BCUT2D eigenvalue weighted by Crippen LogP contribution is -2.21. The molecule has 2 atom stereocenters. The monoisotopic (exact) mass is 419 g/mol. The molecule has 1 heterocycles. The second-order valence-corrected chi connectivity index (χ2v) is 7.17. The van der Waals surface area contributed by atoms with Crippen molar-refractivity contribution in [1.29, 1.82) is 0 Å². The van der Waals surface area contributed by atoms with Crippen LogP contribution in [0.15, 0.2) is 66.0 Å². The van der Waals surface area contributed by atoms with Crippen molar-refractivity contribution in [1.82, 2.24) is 0 Å². The van der Waals surface area contributed by atoms with Crippen molar-refractivity contribution in [2.75, 3.05) is 0 Å². The molecule has 148 valence electrons. The molecule has 1 aliphatic heterocycles. The van der Waals surface area contributed by atoms with Crippen molar-refractivity contribution in [2.24, 2.45) is 5.72 Å². The number of Topliss-reactive ketones (excluding diaryl/α,β-unsaturated/α-hetero) is 1. The van der Waals surface area contributed by atoms with Gasteiger partial charge < -0.3 is 10.5 Å². The first-order valence-electron chi connectivity index (χ1n) is 10.4. The van der Waals surface area contributed by atoms with Gasteiger partial charge in [0.2, 0.25) is 5.78 Å². The Balaban J connectivity index is 2.25. The van der Waals surface area contributed by atoms with Crippen LogP contribution >= 0.6 is 0 Å². The van der Waals surface area contributed by atoms with Crippen molar-refractivity contribution in [2.45, 2.75) is 17.5 Å². The van der Waals surface area contributed by atoms with E-state index < -0.39 is 80.2 Å². The number of alkyl halides is 3. The number of nitrogens with two attached hydrogens (primary N) is 1. The lowest BCUT2D eigenvalue weighted by molar-refractivity contribution is -0.137. The molecule has 6 nitrogen and oxygen atoms in total. The highest BCUT2D eigenvalue weighted by Gasteiger charge is 2.44. The van der Waals surface area contributed by atoms with Crippen LogP contribution in [0.1, 0.15) is 33.5 Å². The fourth-order valence-electron chi connectivity index (χ4n) is 2.62. The van der Waals surface area contributed by atoms with Gasteiger partial charge in [-0.25, -0.2) is 0 Å². The fraction of sp³-hybridized carbons (Fsp3) is 0.167. The molecule has 3 rings (SSSR count). The van der Waals surface area contributed by atoms with E-state index in [4.69, 9.17) is 13.0 Å². The third-order valence-corrected chi connectivity index (χ3v) is 4.92. The number of hydrogen-bond acceptors (Lipinski definition) is 5. The quantitative estimate of drug-likeness (QED) is 0.721. The van der Waals surface area contributed by atoms with E-state index in [0.717, 1.165) is 0 Å². The van der Waals surface area contributed by atoms with E-state index in [1.165, 1.54) is 30.3 Å². The zero-order valence-corrected chi connectivity index (χ0v) is 14.4. The topological polar surface area (TPSA) is 107 Å². The van der Waals surface area contributed by atoms with E-state index in [9.17, 15) is 30.9 Å². The Morgan fingerprint density at radius 3 is 2.29 bits per heavy atom. The lowest BCUT2D eigenvalue weighted by Gasteiger charge is -2.15. The zero-order valence-electron chi connectivity index (χ0n) is 19.6. The van der Waals surface area contributed by atoms with Gasteiger partial charge in [-0.2, -0.15) is 21.6 Å². The molecule has 28 heavy (non-hydrogen) atoms. The van der Waals surface area contributed by atoms with Gasteiger partial charge >= 0.3 is 6.18 Å². The van der Waals surface area contributed by atoms with E-state index in [1.807, 2.05) is 0 Å². The van der Waals surface area contributed by atoms with Crippen LogP contribution in [0.2, 0.25) is 2.82 Å². The highest BCUT2D eigenvalue weighted by atomic mass is 32.2. The summed E-state index contributed by atoms with van der Waals surface area (Å²) in [5, 5.41) is -2.18. The molecule has 2 aromatic carbocycles. The van der Waals surface area contributed by atoms with Gasteiger partial charge in [0.15, 0.2) is 14.8 Å². The molecule has 0 saturated carbocycles. The first kappa shape index (κ1) is 13.3. The molecule has 0 aromatic heterocycles. The number of ketones is 1. The van der Waals surface area contributed by atoms with E-state index in [-0.39, 0.29) is 11.3 Å². The molecule has 0 bridgehead atoms. The molecule has 0 fully saturated rings. The average molecular weight is 419 g/mol. The predicted molar refractivity (Wildman–Crippen MR) is 92.2 cm³/mol. The molecule has 0 radical (unpaired) electrons. The van der Waals surface area contributed by atoms with Crippen LogP contribution in [0.4, 0.5) is 13.2 Å². The minimum absolute atomic E-state index is 0.177. The molecule has 2 unspecified atom stereocenters. The third-order valence-electron chi connectivity index (χ3n) is 3.82. The molecule has 0 amide bonds. The minimum atomic E-state index is -5.25. The van der Waals surface area contributed by atoms with Crippen LogP contribution < -0.4 is 5.72 Å². The smallest absolute Gasteiger partial charge is 0.416 e. The van der Waals surface area contributed by atoms with E-state index in [0.29, 0.717) is 0 Å². The van der Waals surface area contributed by atoms with Gasteiger partial charge in [-0.1, -0.05) is 42.4 Å². The molecule has 3 N–H and O–H groups in total. The van der Waals surface area contributed by atoms with Gasteiger partial charge in [-0.3, -0.25) is 9.35 Å². The summed E-state index contributed by atoms with van der Waals surface area (Å²) in [6, 6.07) is 1.03. The molecular formula is C18H14F3NO5S. The lowest BCUT2D eigenvalue weighted by atomic mass is 9.96. The fourth-order valence-corrected chi connectivity index (χ4v) is 3.63. The summed E-state index contributed by atoms with van der Waals surface area (Å²) in [6.07, 6.45) is -7.47. The van der Waals surface area contributed by atoms with Crippen LogP contribution in [0.3, 0.4) is 0 Å². The summed E-state index contributed by atoms with van der Waals surface area (Å²) >= 11 is 0. The van der Waals surface area contributed by atoms with Crippen molar-refractivity contribution in [3.8, 4) is 0 Å². The summed E-state index contributed by atoms with van der Waals surface area (Å²) in [6.45, 7) is 0. The highest BCUT2D eigenvalue weighted by molar-refractivity contribution is 7.86. The van der Waals surface area contributed by atoms with Gasteiger partial charge in [-0.15, -0.1) is 0 Å². The Bertz CT molecular complexity index is 1270. The second-order valence-electron chi connectivity index (χ2n) is 5.67. The zero-order chi connectivity index (χ0) is 25.7. The van der Waals surface area contributed by atoms with Gasteiger partial charge in [-0.05, 0) is 17.6 Å². The SMILES string of the molecule is [2H]c1c([2H])c(C(F)(F)F)c([2H])c([2H])c1C1OC(N([2H])[2H])=C(C(c2ccccc2)S(=O)(=O)O)C1=O. The number of benzene rings is 2. The maximum Gasteiger partial charge on any atom is 0.416 e. The molecule has 2 aromatic rings. The van der Waals surface area contributed by atoms with Gasteiger partial charge in [0.25, 0.3) is 10.1 Å². The maximum atomic E-state index is 13.2. The van der Waals surface area contributed by atoms with Gasteiger partial charge in [0, 0.05) is 5.56 Å². The third kappa shape index (κ3) is 3.73. The molecular weight excluding hydrogens is 399 g/mol. The summed E-state index contributed by atoms with van der Waals surface area (Å²) in [5.74, 6) is -2.41. The normalized spacial score (nSPS) is 21.7. The largest absolute Gasteiger partial charge is 0.463 e. The minimum Gasteiger partial charge on any atom is -0.463 e. The van der Waals surface area contributed by atoms with E-state index in [2.05, 4.69) is 0 Å². The van der Waals surface area contributed by atoms with E-state index >= 15 is 0 Å². The molecule has 0 saturated heterocycles. The van der Waals surface area contributed by atoms with Crippen LogP contribution in [-0.4, -0.2) is 18.8 Å². The molecule has 0 spiro atoms. The molecule has 1 aliphatic rings. The summed E-state index contributed by atoms with van der Waals surface area (Å²) < 4.78 is 125. The average Bonchev–Trinajstić information content (AvgIpc) is 3.03. The highest BCUT2D eigenvalue weighted by Crippen LogP contribution is 2.41. The summed E-state index contributed by atoms with van der Waals surface area (Å²) in [5.41, 5.74) is -4.27. The van der Waals surface area contributed by atoms with Gasteiger partial charge in [0.1, 0.15) is 5.25 Å². The molecule has 10 heteroatoms. The van der Waals surface area contributed by atoms with E-state index in [1.54, 1.807) is 0 Å². The Hall–Kier alpha value is -2.85. The van der Waals surface area contributed by atoms with Crippen molar-refractivity contribution in [3.63, 3.8) is 0 Å². The number of rotatable bonds is 5. The van der Waals surface area contributed by atoms with Crippen LogP contribution in [0.25, 0.3) is 0 Å². The number of carbonyl (C=O) groups excluding carboxylic acids is 1. The first-order valence-corrected chi connectivity index (χ1v) is 9.00. The van der Waals surface area contributed by atoms with Crippen LogP contribution in [0, 0.1) is 0 Å². The van der Waals surface area contributed by atoms with Crippen LogP contribution in [-0.2, 0) is 25.8 Å².